The maximum absolute atomic E-state index is 2.51. The zero-order valence-corrected chi connectivity index (χ0v) is 10.6. The molecule has 0 aromatic heterocycles. The summed E-state index contributed by atoms with van der Waals surface area (Å²) in [5.74, 6) is 0. The second-order valence-corrected chi connectivity index (χ2v) is 4.11. The predicted octanol–water partition coefficient (Wildman–Crippen LogP) is 4.20. The first-order chi connectivity index (χ1) is 6.67. The first kappa shape index (κ1) is 13.5. The number of hydrogen-bond donors (Lipinski definition) is 0. The van der Waals surface area contributed by atoms with E-state index in [0.29, 0.717) is 6.04 Å². The van der Waals surface area contributed by atoms with E-state index >= 15 is 0 Å². The van der Waals surface area contributed by atoms with Crippen LogP contribution in [0.5, 0.6) is 0 Å². The van der Waals surface area contributed by atoms with E-state index in [1.54, 1.807) is 5.70 Å². The number of nitrogens with zero attached hydrogens (tertiary/aromatic N) is 1. The third kappa shape index (κ3) is 4.69. The van der Waals surface area contributed by atoms with Crippen LogP contribution in [0.3, 0.4) is 0 Å². The van der Waals surface area contributed by atoms with E-state index in [0.717, 1.165) is 6.54 Å². The maximum Gasteiger partial charge on any atom is 0.0230 e. The van der Waals surface area contributed by atoms with E-state index in [4.69, 9.17) is 0 Å². The average molecular weight is 197 g/mol. The summed E-state index contributed by atoms with van der Waals surface area (Å²) in [6.45, 7) is 12.4. The lowest BCUT2D eigenvalue weighted by atomic mass is 10.1. The molecular formula is C13H27N. The fourth-order valence-electron chi connectivity index (χ4n) is 1.83. The zero-order chi connectivity index (χ0) is 11.0. The molecule has 14 heavy (non-hydrogen) atoms. The van der Waals surface area contributed by atoms with Gasteiger partial charge in [-0.1, -0.05) is 32.8 Å². The lowest BCUT2D eigenvalue weighted by Crippen LogP contribution is -2.29. The number of unbranched alkanes of at least 4 members (excludes halogenated alkanes) is 1. The lowest BCUT2D eigenvalue weighted by Gasteiger charge is -2.30. The molecule has 0 aliphatic rings. The van der Waals surface area contributed by atoms with Crippen molar-refractivity contribution < 1.29 is 0 Å². The van der Waals surface area contributed by atoms with Gasteiger partial charge in [0, 0.05) is 18.3 Å². The molecule has 0 aliphatic heterocycles. The molecule has 0 saturated heterocycles. The van der Waals surface area contributed by atoms with E-state index in [1.165, 1.54) is 25.7 Å². The van der Waals surface area contributed by atoms with Crippen molar-refractivity contribution >= 4 is 0 Å². The van der Waals surface area contributed by atoms with Gasteiger partial charge < -0.3 is 4.90 Å². The molecule has 84 valence electrons. The molecule has 1 nitrogen and oxygen atoms in total. The van der Waals surface area contributed by atoms with Crippen LogP contribution >= 0.6 is 0 Å². The zero-order valence-electron chi connectivity index (χ0n) is 10.6. The molecular weight excluding hydrogens is 170 g/mol. The summed E-state index contributed by atoms with van der Waals surface area (Å²) in [5.41, 5.74) is 1.55. The molecule has 0 aliphatic carbocycles. The Labute approximate surface area is 90.2 Å². The van der Waals surface area contributed by atoms with Crippen LogP contribution in [0, 0.1) is 0 Å². The molecule has 0 atom stereocenters. The SMILES string of the molecule is CCCC=C(CCC)N(CC)C(C)C. The van der Waals surface area contributed by atoms with Crippen molar-refractivity contribution in [3.8, 4) is 0 Å². The minimum Gasteiger partial charge on any atom is -0.373 e. The fourth-order valence-corrected chi connectivity index (χ4v) is 1.83. The van der Waals surface area contributed by atoms with Gasteiger partial charge in [-0.25, -0.2) is 0 Å². The Bertz CT molecular complexity index is 159. The van der Waals surface area contributed by atoms with Crippen molar-refractivity contribution in [2.75, 3.05) is 6.54 Å². The largest absolute Gasteiger partial charge is 0.373 e. The molecule has 0 radical (unpaired) electrons. The van der Waals surface area contributed by atoms with Gasteiger partial charge in [0.1, 0.15) is 0 Å². The second kappa shape index (κ2) is 7.90. The van der Waals surface area contributed by atoms with Gasteiger partial charge in [-0.3, -0.25) is 0 Å². The van der Waals surface area contributed by atoms with Gasteiger partial charge in [-0.2, -0.15) is 0 Å². The molecule has 0 aromatic carbocycles. The quantitative estimate of drug-likeness (QED) is 0.591. The third-order valence-corrected chi connectivity index (χ3v) is 2.51. The summed E-state index contributed by atoms with van der Waals surface area (Å²) < 4.78 is 0. The molecule has 0 saturated carbocycles. The summed E-state index contributed by atoms with van der Waals surface area (Å²) in [4.78, 5) is 2.51. The minimum atomic E-state index is 0.634. The third-order valence-electron chi connectivity index (χ3n) is 2.51. The van der Waals surface area contributed by atoms with Crippen LogP contribution in [0.2, 0.25) is 0 Å². The molecule has 0 heterocycles. The van der Waals surface area contributed by atoms with Crippen LogP contribution in [-0.4, -0.2) is 17.5 Å². The van der Waals surface area contributed by atoms with Gasteiger partial charge in [-0.05, 0) is 33.6 Å². The Morgan fingerprint density at radius 2 is 1.79 bits per heavy atom. The Hall–Kier alpha value is -0.460. The monoisotopic (exact) mass is 197 g/mol. The van der Waals surface area contributed by atoms with Crippen molar-refractivity contribution in [2.24, 2.45) is 0 Å². The van der Waals surface area contributed by atoms with E-state index in [9.17, 15) is 0 Å². The molecule has 0 fully saturated rings. The van der Waals surface area contributed by atoms with Gasteiger partial charge in [0.25, 0.3) is 0 Å². The maximum atomic E-state index is 2.51. The smallest absolute Gasteiger partial charge is 0.0230 e. The number of rotatable bonds is 7. The summed E-state index contributed by atoms with van der Waals surface area (Å²) >= 11 is 0. The summed E-state index contributed by atoms with van der Waals surface area (Å²) in [7, 11) is 0. The van der Waals surface area contributed by atoms with Gasteiger partial charge >= 0.3 is 0 Å². The van der Waals surface area contributed by atoms with Crippen molar-refractivity contribution in [3.05, 3.63) is 11.8 Å². The normalized spacial score (nSPS) is 12.3. The number of allylic oxidation sites excluding steroid dienone is 2. The summed E-state index contributed by atoms with van der Waals surface area (Å²) in [6, 6.07) is 0.634. The molecule has 1 heteroatoms. The highest BCUT2D eigenvalue weighted by Crippen LogP contribution is 2.15. The van der Waals surface area contributed by atoms with Gasteiger partial charge in [0.05, 0.1) is 0 Å². The summed E-state index contributed by atoms with van der Waals surface area (Å²) in [6.07, 6.45) is 7.37. The standard InChI is InChI=1S/C13H27N/c1-6-9-11-13(10-7-2)14(8-3)12(4)5/h11-12H,6-10H2,1-5H3. The lowest BCUT2D eigenvalue weighted by molar-refractivity contribution is 0.286. The van der Waals surface area contributed by atoms with Crippen LogP contribution in [0.25, 0.3) is 0 Å². The first-order valence-corrected chi connectivity index (χ1v) is 6.12. The van der Waals surface area contributed by atoms with E-state index in [1.807, 2.05) is 0 Å². The minimum absolute atomic E-state index is 0.634. The molecule has 0 rings (SSSR count). The van der Waals surface area contributed by atoms with Crippen molar-refractivity contribution in [1.29, 1.82) is 0 Å². The topological polar surface area (TPSA) is 3.24 Å². The van der Waals surface area contributed by atoms with Crippen LogP contribution < -0.4 is 0 Å². The van der Waals surface area contributed by atoms with Crippen LogP contribution in [0.4, 0.5) is 0 Å². The first-order valence-electron chi connectivity index (χ1n) is 6.12. The molecule has 0 spiro atoms. The van der Waals surface area contributed by atoms with Crippen LogP contribution in [0.1, 0.15) is 60.3 Å². The van der Waals surface area contributed by atoms with Gasteiger partial charge in [0.15, 0.2) is 0 Å². The number of hydrogen-bond acceptors (Lipinski definition) is 1. The van der Waals surface area contributed by atoms with E-state index in [-0.39, 0.29) is 0 Å². The Balaban J connectivity index is 4.42. The molecule has 0 aromatic rings. The van der Waals surface area contributed by atoms with Gasteiger partial charge in [0.2, 0.25) is 0 Å². The summed E-state index contributed by atoms with van der Waals surface area (Å²) in [5, 5.41) is 0. The highest BCUT2D eigenvalue weighted by atomic mass is 15.1. The van der Waals surface area contributed by atoms with Crippen molar-refractivity contribution in [3.63, 3.8) is 0 Å². The van der Waals surface area contributed by atoms with E-state index in [2.05, 4.69) is 45.6 Å². The highest BCUT2D eigenvalue weighted by Gasteiger charge is 2.09. The van der Waals surface area contributed by atoms with Crippen LogP contribution in [-0.2, 0) is 0 Å². The predicted molar refractivity (Wildman–Crippen MR) is 65.4 cm³/mol. The second-order valence-electron chi connectivity index (χ2n) is 4.11. The molecule has 0 amide bonds. The van der Waals surface area contributed by atoms with Gasteiger partial charge in [-0.15, -0.1) is 0 Å². The van der Waals surface area contributed by atoms with Crippen molar-refractivity contribution in [1.82, 2.24) is 4.90 Å². The van der Waals surface area contributed by atoms with Crippen molar-refractivity contribution in [2.45, 2.75) is 66.3 Å². The highest BCUT2D eigenvalue weighted by molar-refractivity contribution is 5.02. The molecule has 0 N–H and O–H groups in total. The Morgan fingerprint density at radius 1 is 1.14 bits per heavy atom. The van der Waals surface area contributed by atoms with Crippen LogP contribution in [0.15, 0.2) is 11.8 Å². The molecule has 0 bridgehead atoms. The molecule has 0 unspecified atom stereocenters. The fraction of sp³-hybridized carbons (Fsp3) is 0.846. The average Bonchev–Trinajstić information content (AvgIpc) is 2.14. The Kier molecular flexibility index (Phi) is 7.64. The van der Waals surface area contributed by atoms with E-state index < -0.39 is 0 Å². The Morgan fingerprint density at radius 3 is 2.14 bits per heavy atom.